The fourth-order valence-electron chi connectivity index (χ4n) is 0. The van der Waals surface area contributed by atoms with Crippen LogP contribution in [-0.4, -0.2) is 26.6 Å². The molecule has 96 valence electrons. The third-order valence-electron chi connectivity index (χ3n) is 0. The molecule has 0 rings (SSSR count). The van der Waals surface area contributed by atoms with Gasteiger partial charge in [0.1, 0.15) is 0 Å². The van der Waals surface area contributed by atoms with E-state index in [4.69, 9.17) is 20.4 Å². The zero-order valence-corrected chi connectivity index (χ0v) is 11.3. The molecule has 0 spiro atoms. The Morgan fingerprint density at radius 3 is 0.467 bits per heavy atom. The fourth-order valence-corrected chi connectivity index (χ4v) is 0. The minimum absolute atomic E-state index is 0.500. The highest BCUT2D eigenvalue weighted by Crippen LogP contribution is 2.08. The second-order valence-corrected chi connectivity index (χ2v) is 6.60. The molecule has 0 bridgehead atoms. The van der Waals surface area contributed by atoms with Crippen LogP contribution in [0.1, 0.15) is 55.4 Å². The average molecular weight is 224 g/mol. The normalized spacial score (nSPS) is 12.0. The SMILES string of the molecule is CC(C)(C)C.CC(C)(C)C.OC(O)(O)O. The van der Waals surface area contributed by atoms with Crippen molar-refractivity contribution in [3.05, 3.63) is 0 Å². The predicted molar refractivity (Wildman–Crippen MR) is 61.9 cm³/mol. The Morgan fingerprint density at radius 2 is 0.467 bits per heavy atom. The zero-order valence-electron chi connectivity index (χ0n) is 11.3. The lowest BCUT2D eigenvalue weighted by Crippen LogP contribution is -2.25. The molecule has 0 radical (unpaired) electrons. The third-order valence-corrected chi connectivity index (χ3v) is 0. The highest BCUT2D eigenvalue weighted by atomic mass is 16.8. The summed E-state index contributed by atoms with van der Waals surface area (Å²) in [6.07, 6.45) is -3.50. The van der Waals surface area contributed by atoms with Crippen LogP contribution < -0.4 is 0 Å². The van der Waals surface area contributed by atoms with Gasteiger partial charge in [0.05, 0.1) is 0 Å². The molecule has 0 aromatic carbocycles. The minimum atomic E-state index is -3.50. The minimum Gasteiger partial charge on any atom is -0.319 e. The average Bonchev–Trinajstić information content (AvgIpc) is 1.41. The quantitative estimate of drug-likeness (QED) is 0.472. The summed E-state index contributed by atoms with van der Waals surface area (Å²) in [5.74, 6) is 0. The van der Waals surface area contributed by atoms with Crippen LogP contribution in [0.5, 0.6) is 0 Å². The Labute approximate surface area is 93.6 Å². The maximum Gasteiger partial charge on any atom is 0.402 e. The first-order valence-corrected chi connectivity index (χ1v) is 4.89. The maximum absolute atomic E-state index is 7.19. The zero-order chi connectivity index (χ0) is 13.5. The van der Waals surface area contributed by atoms with E-state index in [1.165, 1.54) is 0 Å². The summed E-state index contributed by atoms with van der Waals surface area (Å²) < 4.78 is 0. The molecule has 4 N–H and O–H groups in total. The molecule has 0 saturated carbocycles. The molecule has 0 saturated heterocycles. The van der Waals surface area contributed by atoms with Crippen molar-refractivity contribution in [3.8, 4) is 0 Å². The van der Waals surface area contributed by atoms with Crippen LogP contribution in [0.2, 0.25) is 0 Å². The maximum atomic E-state index is 7.19. The number of hydrogen-bond acceptors (Lipinski definition) is 4. The van der Waals surface area contributed by atoms with Crippen LogP contribution in [0.3, 0.4) is 0 Å². The van der Waals surface area contributed by atoms with Gasteiger partial charge in [-0.05, 0) is 10.8 Å². The molecule has 0 aromatic heterocycles. The van der Waals surface area contributed by atoms with Crippen molar-refractivity contribution in [1.29, 1.82) is 0 Å². The molecule has 15 heavy (non-hydrogen) atoms. The van der Waals surface area contributed by atoms with Gasteiger partial charge in [0.15, 0.2) is 0 Å². The second kappa shape index (κ2) is 7.17. The molecule has 0 atom stereocenters. The third kappa shape index (κ3) is 75800. The van der Waals surface area contributed by atoms with Gasteiger partial charge in [-0.25, -0.2) is 0 Å². The lowest BCUT2D eigenvalue weighted by atomic mass is 10.0. The highest BCUT2D eigenvalue weighted by molar-refractivity contribution is 4.47. The molecular formula is C11H28O4. The Balaban J connectivity index is -0.000000144. The predicted octanol–water partition coefficient (Wildman–Crippen LogP) is 1.67. The standard InChI is InChI=1S/2C5H12.CH4O4/c2*1-5(2,3)4;2-1(3,4)5/h2*1-4H3;2-5H. The number of aliphatic hydroxyl groups is 4. The van der Waals surface area contributed by atoms with E-state index < -0.39 is 6.16 Å². The fraction of sp³-hybridized carbons (Fsp3) is 1.00. The summed E-state index contributed by atoms with van der Waals surface area (Å²) in [6, 6.07) is 0. The van der Waals surface area contributed by atoms with Crippen molar-refractivity contribution in [1.82, 2.24) is 0 Å². The van der Waals surface area contributed by atoms with Gasteiger partial charge in [-0.2, -0.15) is 0 Å². The van der Waals surface area contributed by atoms with Crippen molar-refractivity contribution in [2.75, 3.05) is 0 Å². The van der Waals surface area contributed by atoms with Crippen LogP contribution in [0.15, 0.2) is 0 Å². The first-order chi connectivity index (χ1) is 6.00. The number of rotatable bonds is 0. The largest absolute Gasteiger partial charge is 0.402 e. The molecular weight excluding hydrogens is 196 g/mol. The Morgan fingerprint density at radius 1 is 0.467 bits per heavy atom. The van der Waals surface area contributed by atoms with Gasteiger partial charge in [0.25, 0.3) is 0 Å². The van der Waals surface area contributed by atoms with Gasteiger partial charge in [-0.1, -0.05) is 55.4 Å². The van der Waals surface area contributed by atoms with Crippen molar-refractivity contribution in [2.24, 2.45) is 10.8 Å². The van der Waals surface area contributed by atoms with Crippen LogP contribution in [0, 0.1) is 10.8 Å². The van der Waals surface area contributed by atoms with Crippen molar-refractivity contribution in [3.63, 3.8) is 0 Å². The monoisotopic (exact) mass is 224 g/mol. The van der Waals surface area contributed by atoms with Gasteiger partial charge in [-0.3, -0.25) is 0 Å². The Bertz CT molecular complexity index is 87.6. The van der Waals surface area contributed by atoms with E-state index in [9.17, 15) is 0 Å². The van der Waals surface area contributed by atoms with Crippen molar-refractivity contribution >= 4 is 0 Å². The summed E-state index contributed by atoms with van der Waals surface area (Å²) in [5, 5.41) is 28.8. The Hall–Kier alpha value is -0.160. The molecule has 0 aromatic rings. The van der Waals surface area contributed by atoms with E-state index in [1.807, 2.05) is 0 Å². The summed E-state index contributed by atoms with van der Waals surface area (Å²) >= 11 is 0. The molecule has 0 aliphatic rings. The van der Waals surface area contributed by atoms with Gasteiger partial charge < -0.3 is 20.4 Å². The van der Waals surface area contributed by atoms with E-state index in [1.54, 1.807) is 0 Å². The first kappa shape index (κ1) is 20.3. The smallest absolute Gasteiger partial charge is 0.319 e. The number of hydrogen-bond donors (Lipinski definition) is 4. The lowest BCUT2D eigenvalue weighted by molar-refractivity contribution is -0.436. The van der Waals surface area contributed by atoms with Crippen LogP contribution in [-0.2, 0) is 0 Å². The van der Waals surface area contributed by atoms with Gasteiger partial charge in [0.2, 0.25) is 0 Å². The van der Waals surface area contributed by atoms with E-state index in [0.29, 0.717) is 10.8 Å². The summed E-state index contributed by atoms with van der Waals surface area (Å²) in [4.78, 5) is 0. The summed E-state index contributed by atoms with van der Waals surface area (Å²) in [7, 11) is 0. The summed E-state index contributed by atoms with van der Waals surface area (Å²) in [6.45, 7) is 17.5. The molecule has 0 unspecified atom stereocenters. The molecule has 0 fully saturated rings. The lowest BCUT2D eigenvalue weighted by Gasteiger charge is -2.05. The summed E-state index contributed by atoms with van der Waals surface area (Å²) in [5.41, 5.74) is 1.00. The molecule has 4 heteroatoms. The van der Waals surface area contributed by atoms with Crippen molar-refractivity contribution in [2.45, 2.75) is 61.5 Å². The molecule has 0 heterocycles. The second-order valence-electron chi connectivity index (χ2n) is 6.60. The molecule has 0 aliphatic heterocycles. The van der Waals surface area contributed by atoms with Crippen LogP contribution in [0.4, 0.5) is 0 Å². The molecule has 0 aliphatic carbocycles. The van der Waals surface area contributed by atoms with Gasteiger partial charge >= 0.3 is 6.16 Å². The first-order valence-electron chi connectivity index (χ1n) is 4.89. The van der Waals surface area contributed by atoms with E-state index in [2.05, 4.69) is 55.4 Å². The van der Waals surface area contributed by atoms with E-state index in [0.717, 1.165) is 0 Å². The molecule has 0 amide bonds. The van der Waals surface area contributed by atoms with Crippen molar-refractivity contribution < 1.29 is 20.4 Å². The van der Waals surface area contributed by atoms with E-state index in [-0.39, 0.29) is 0 Å². The topological polar surface area (TPSA) is 80.9 Å². The van der Waals surface area contributed by atoms with E-state index >= 15 is 0 Å². The van der Waals surface area contributed by atoms with Gasteiger partial charge in [-0.15, -0.1) is 0 Å². The van der Waals surface area contributed by atoms with Crippen LogP contribution in [0.25, 0.3) is 0 Å². The Kier molecular flexibility index (Phi) is 9.69. The molecule has 4 nitrogen and oxygen atoms in total. The van der Waals surface area contributed by atoms with Gasteiger partial charge in [0, 0.05) is 0 Å². The highest BCUT2D eigenvalue weighted by Gasteiger charge is 2.08. The van der Waals surface area contributed by atoms with Crippen LogP contribution >= 0.6 is 0 Å².